The molecule has 148 valence electrons. The van der Waals surface area contributed by atoms with E-state index >= 15 is 4.39 Å². The fraction of sp³-hybridized carbons (Fsp3) is 0.611. The molecule has 4 nitrogen and oxygen atoms in total. The van der Waals surface area contributed by atoms with Crippen molar-refractivity contribution in [2.24, 2.45) is 0 Å². The first-order chi connectivity index (χ1) is 12.3. The van der Waals surface area contributed by atoms with E-state index in [-0.39, 0.29) is 24.8 Å². The molecule has 0 saturated carbocycles. The van der Waals surface area contributed by atoms with Crippen molar-refractivity contribution >= 4 is 18.5 Å². The maximum absolute atomic E-state index is 15.1. The monoisotopic (exact) mass is 387 g/mol. The Morgan fingerprint density at radius 1 is 1.11 bits per heavy atom. The summed E-state index contributed by atoms with van der Waals surface area (Å²) in [6.07, 6.45) is -0.283. The highest BCUT2D eigenvalue weighted by molar-refractivity contribution is 6.62. The Morgan fingerprint density at radius 3 is 2.26 bits per heavy atom. The molecule has 2 saturated heterocycles. The van der Waals surface area contributed by atoms with Gasteiger partial charge in [-0.1, -0.05) is 6.07 Å². The third-order valence-electron chi connectivity index (χ3n) is 5.52. The zero-order valence-electron chi connectivity index (χ0n) is 15.7. The lowest BCUT2D eigenvalue weighted by molar-refractivity contribution is -0.0562. The molecular formula is C18H22BF4NO3. The van der Waals surface area contributed by atoms with E-state index in [0.717, 1.165) is 17.0 Å². The minimum Gasteiger partial charge on any atom is -0.399 e. The maximum Gasteiger partial charge on any atom is 0.497 e. The number of hydrogen-bond acceptors (Lipinski definition) is 3. The summed E-state index contributed by atoms with van der Waals surface area (Å²) < 4.78 is 68.0. The molecule has 2 fully saturated rings. The van der Waals surface area contributed by atoms with E-state index in [1.54, 1.807) is 27.7 Å². The Kier molecular flexibility index (Phi) is 4.83. The predicted molar refractivity (Wildman–Crippen MR) is 92.2 cm³/mol. The van der Waals surface area contributed by atoms with Crippen molar-refractivity contribution < 1.29 is 31.7 Å². The molecule has 1 aromatic rings. The van der Waals surface area contributed by atoms with Crippen LogP contribution in [0, 0.1) is 11.6 Å². The van der Waals surface area contributed by atoms with Gasteiger partial charge in [0.25, 0.3) is 11.8 Å². The van der Waals surface area contributed by atoms with Crippen molar-refractivity contribution in [3.05, 3.63) is 29.3 Å². The topological polar surface area (TPSA) is 38.8 Å². The number of hydrogen-bond donors (Lipinski definition) is 0. The fourth-order valence-electron chi connectivity index (χ4n) is 3.21. The number of carbonyl (C=O) groups excluding carboxylic acids is 1. The number of piperidine rings is 1. The van der Waals surface area contributed by atoms with E-state index < -0.39 is 53.9 Å². The van der Waals surface area contributed by atoms with Gasteiger partial charge in [0.2, 0.25) is 0 Å². The van der Waals surface area contributed by atoms with Crippen molar-refractivity contribution in [3.63, 3.8) is 0 Å². The van der Waals surface area contributed by atoms with E-state index in [4.69, 9.17) is 9.31 Å². The Hall–Kier alpha value is -1.61. The minimum absolute atomic E-state index is 0.0218. The Labute approximate surface area is 156 Å². The van der Waals surface area contributed by atoms with Gasteiger partial charge in [0.15, 0.2) is 0 Å². The van der Waals surface area contributed by atoms with Gasteiger partial charge in [0.1, 0.15) is 17.2 Å². The van der Waals surface area contributed by atoms with Crippen LogP contribution in [0.1, 0.15) is 50.9 Å². The number of rotatable bonds is 2. The van der Waals surface area contributed by atoms with Crippen LogP contribution in [0.2, 0.25) is 0 Å². The summed E-state index contributed by atoms with van der Waals surface area (Å²) in [6, 6.07) is 2.08. The molecule has 27 heavy (non-hydrogen) atoms. The van der Waals surface area contributed by atoms with Crippen LogP contribution in [-0.4, -0.2) is 48.1 Å². The number of carbonyl (C=O) groups is 1. The van der Waals surface area contributed by atoms with Gasteiger partial charge < -0.3 is 14.2 Å². The lowest BCUT2D eigenvalue weighted by Gasteiger charge is -2.32. The zero-order chi connectivity index (χ0) is 20.2. The third-order valence-corrected chi connectivity index (χ3v) is 5.52. The maximum atomic E-state index is 15.1. The molecule has 0 aromatic heterocycles. The summed E-state index contributed by atoms with van der Waals surface area (Å²) in [5, 5.41) is 0. The Bertz CT molecular complexity index is 753. The molecule has 0 N–H and O–H groups in total. The number of halogens is 4. The molecule has 0 radical (unpaired) electrons. The van der Waals surface area contributed by atoms with E-state index in [1.165, 1.54) is 0 Å². The van der Waals surface area contributed by atoms with Crippen LogP contribution in [0.3, 0.4) is 0 Å². The Morgan fingerprint density at radius 2 is 1.70 bits per heavy atom. The largest absolute Gasteiger partial charge is 0.497 e. The molecular weight excluding hydrogens is 365 g/mol. The quantitative estimate of drug-likeness (QED) is 0.578. The van der Waals surface area contributed by atoms with E-state index in [2.05, 4.69) is 0 Å². The van der Waals surface area contributed by atoms with Gasteiger partial charge in [-0.25, -0.2) is 17.6 Å². The normalized spacial score (nSPS) is 23.6. The molecule has 0 spiro atoms. The summed E-state index contributed by atoms with van der Waals surface area (Å²) in [5.74, 6) is -6.41. The Balaban J connectivity index is 1.94. The molecule has 9 heteroatoms. The van der Waals surface area contributed by atoms with Gasteiger partial charge >= 0.3 is 7.12 Å². The van der Waals surface area contributed by atoms with Crippen LogP contribution in [-0.2, 0) is 9.31 Å². The first-order valence-corrected chi connectivity index (χ1v) is 8.85. The number of amides is 1. The summed E-state index contributed by atoms with van der Waals surface area (Å²) in [5.41, 5.74) is -2.50. The van der Waals surface area contributed by atoms with Crippen LogP contribution >= 0.6 is 0 Å². The molecule has 2 aliphatic rings. The smallest absolute Gasteiger partial charge is 0.399 e. The molecule has 0 bridgehead atoms. The number of likely N-dealkylation sites (tertiary alicyclic amines) is 1. The summed E-state index contributed by atoms with van der Waals surface area (Å²) >= 11 is 0. The SMILES string of the molecule is CC1(C)OB(c2ccc(F)c(C(=O)N3CCCC(F)(F)C3)c2F)OC1(C)C. The molecule has 1 aromatic carbocycles. The van der Waals surface area contributed by atoms with Crippen LogP contribution in [0.15, 0.2) is 12.1 Å². The second kappa shape index (κ2) is 6.48. The molecule has 2 heterocycles. The lowest BCUT2D eigenvalue weighted by atomic mass is 9.77. The number of alkyl halides is 2. The number of benzene rings is 1. The predicted octanol–water partition coefficient (Wildman–Crippen LogP) is 3.14. The molecule has 2 aliphatic heterocycles. The molecule has 0 unspecified atom stereocenters. The van der Waals surface area contributed by atoms with E-state index in [0.29, 0.717) is 0 Å². The van der Waals surface area contributed by atoms with E-state index in [9.17, 15) is 18.0 Å². The number of nitrogens with zero attached hydrogens (tertiary/aromatic N) is 1. The molecule has 0 aliphatic carbocycles. The van der Waals surface area contributed by atoms with Crippen molar-refractivity contribution in [1.29, 1.82) is 0 Å². The van der Waals surface area contributed by atoms with Gasteiger partial charge in [-0.15, -0.1) is 0 Å². The van der Waals surface area contributed by atoms with Crippen molar-refractivity contribution in [2.75, 3.05) is 13.1 Å². The minimum atomic E-state index is -3.07. The fourth-order valence-corrected chi connectivity index (χ4v) is 3.21. The summed E-state index contributed by atoms with van der Waals surface area (Å²) in [4.78, 5) is 13.4. The second-order valence-electron chi connectivity index (χ2n) is 8.10. The first-order valence-electron chi connectivity index (χ1n) is 8.85. The van der Waals surface area contributed by atoms with Crippen molar-refractivity contribution in [2.45, 2.75) is 57.7 Å². The van der Waals surface area contributed by atoms with Gasteiger partial charge in [0, 0.05) is 18.4 Å². The first kappa shape index (κ1) is 20.1. The van der Waals surface area contributed by atoms with Gasteiger partial charge in [-0.3, -0.25) is 4.79 Å². The van der Waals surface area contributed by atoms with Crippen LogP contribution < -0.4 is 5.46 Å². The average Bonchev–Trinajstić information content (AvgIpc) is 2.74. The zero-order valence-corrected chi connectivity index (χ0v) is 15.7. The van der Waals surface area contributed by atoms with Crippen LogP contribution in [0.25, 0.3) is 0 Å². The molecule has 0 atom stereocenters. The second-order valence-corrected chi connectivity index (χ2v) is 8.10. The van der Waals surface area contributed by atoms with Gasteiger partial charge in [-0.05, 0) is 40.2 Å². The van der Waals surface area contributed by atoms with Crippen LogP contribution in [0.4, 0.5) is 17.6 Å². The lowest BCUT2D eigenvalue weighted by Crippen LogP contribution is -2.47. The highest BCUT2D eigenvalue weighted by Crippen LogP contribution is 2.37. The standard InChI is InChI=1S/C18H22BF4NO3/c1-16(2)17(3,4)27-19(26-16)11-6-7-12(20)13(14(11)21)15(25)24-9-5-8-18(22,23)10-24/h6-7H,5,8-10H2,1-4H3. The highest BCUT2D eigenvalue weighted by Gasteiger charge is 2.53. The van der Waals surface area contributed by atoms with Crippen LogP contribution in [0.5, 0.6) is 0 Å². The summed E-state index contributed by atoms with van der Waals surface area (Å²) in [7, 11) is -1.13. The molecule has 1 amide bonds. The average molecular weight is 387 g/mol. The van der Waals surface area contributed by atoms with Gasteiger partial charge in [0.05, 0.1) is 17.7 Å². The van der Waals surface area contributed by atoms with Gasteiger partial charge in [-0.2, -0.15) is 0 Å². The molecule has 3 rings (SSSR count). The van der Waals surface area contributed by atoms with E-state index in [1.807, 2.05) is 0 Å². The van der Waals surface area contributed by atoms with Crippen molar-refractivity contribution in [1.82, 2.24) is 4.90 Å². The highest BCUT2D eigenvalue weighted by atomic mass is 19.3. The van der Waals surface area contributed by atoms with Crippen molar-refractivity contribution in [3.8, 4) is 0 Å². The third kappa shape index (κ3) is 3.59. The summed E-state index contributed by atoms with van der Waals surface area (Å²) in [6.45, 7) is 6.26.